The monoisotopic (exact) mass is 359 g/mol. The minimum atomic E-state index is -0.923. The minimum absolute atomic E-state index is 0.00312. The van der Waals surface area contributed by atoms with E-state index in [1.54, 1.807) is 7.11 Å². The maximum atomic E-state index is 12.0. The van der Waals surface area contributed by atoms with E-state index in [-0.39, 0.29) is 25.0 Å². The number of hydrogen-bond donors (Lipinski definition) is 3. The van der Waals surface area contributed by atoms with Crippen molar-refractivity contribution < 1.29 is 24.9 Å². The molecule has 0 aromatic heterocycles. The van der Waals surface area contributed by atoms with Crippen molar-refractivity contribution in [1.82, 2.24) is 4.90 Å². The summed E-state index contributed by atoms with van der Waals surface area (Å²) >= 11 is 0. The third-order valence-corrected chi connectivity index (χ3v) is 5.15. The second-order valence-corrected chi connectivity index (χ2v) is 7.00. The lowest BCUT2D eigenvalue weighted by atomic mass is 9.88. The van der Waals surface area contributed by atoms with Crippen molar-refractivity contribution in [2.24, 2.45) is 11.8 Å². The quantitative estimate of drug-likeness (QED) is 0.730. The summed E-state index contributed by atoms with van der Waals surface area (Å²) in [4.78, 5) is 13.9. The molecule has 1 aliphatic rings. The Morgan fingerprint density at radius 2 is 1.73 bits per heavy atom. The molecule has 3 rings (SSSR count). The number of carboxylic acids is 1. The molecule has 3 atom stereocenters. The lowest BCUT2D eigenvalue weighted by Gasteiger charge is -2.39. The van der Waals surface area contributed by atoms with Gasteiger partial charge in [0.1, 0.15) is 11.8 Å². The molecule has 2 aromatic rings. The van der Waals surface area contributed by atoms with Gasteiger partial charge < -0.3 is 20.1 Å². The largest absolute Gasteiger partial charge is 0.497 e. The van der Waals surface area contributed by atoms with Gasteiger partial charge in [0.2, 0.25) is 0 Å². The van der Waals surface area contributed by atoms with Gasteiger partial charge in [-0.2, -0.15) is 0 Å². The highest BCUT2D eigenvalue weighted by atomic mass is 16.5. The van der Waals surface area contributed by atoms with E-state index in [2.05, 4.69) is 0 Å². The van der Waals surface area contributed by atoms with Crippen LogP contribution < -0.4 is 4.74 Å². The van der Waals surface area contributed by atoms with Gasteiger partial charge in [0.15, 0.2) is 0 Å². The van der Waals surface area contributed by atoms with Gasteiger partial charge in [0.25, 0.3) is 0 Å². The molecule has 1 aliphatic heterocycles. The Hall–Kier alpha value is -2.15. The zero-order valence-electron chi connectivity index (χ0n) is 14.8. The van der Waals surface area contributed by atoms with Crippen molar-refractivity contribution in [3.05, 3.63) is 42.0 Å². The summed E-state index contributed by atoms with van der Waals surface area (Å²) in [6, 6.07) is 10.5. The summed E-state index contributed by atoms with van der Waals surface area (Å²) < 4.78 is 5.23. The number of aliphatic hydroxyl groups excluding tert-OH is 2. The second kappa shape index (κ2) is 8.03. The molecule has 1 saturated heterocycles. The Bertz CT molecular complexity index is 766. The van der Waals surface area contributed by atoms with E-state index in [9.17, 15) is 20.1 Å². The van der Waals surface area contributed by atoms with E-state index in [1.165, 1.54) is 0 Å². The van der Waals surface area contributed by atoms with Crippen LogP contribution in [0.25, 0.3) is 10.8 Å². The zero-order valence-corrected chi connectivity index (χ0v) is 14.8. The highest BCUT2D eigenvalue weighted by Gasteiger charge is 2.35. The first-order valence-electron chi connectivity index (χ1n) is 8.82. The van der Waals surface area contributed by atoms with Gasteiger partial charge in [-0.15, -0.1) is 0 Å². The standard InChI is InChI=1S/C20H25NO5/c1-26-18-5-4-15-7-17(3-2-16(15)8-18)19(20(24)25)21-9-13(11-22)6-14(10-21)12-23/h2-5,7-8,13-14,19,22-23H,6,9-12H2,1H3,(H,24,25)/t13-,14+,19?. The molecule has 0 amide bonds. The molecule has 140 valence electrons. The van der Waals surface area contributed by atoms with Crippen LogP contribution >= 0.6 is 0 Å². The number of aliphatic hydroxyl groups is 2. The average Bonchev–Trinajstić information content (AvgIpc) is 2.67. The molecule has 2 aromatic carbocycles. The fourth-order valence-corrected chi connectivity index (χ4v) is 3.88. The van der Waals surface area contributed by atoms with Crippen molar-refractivity contribution in [3.63, 3.8) is 0 Å². The first kappa shape index (κ1) is 18.6. The molecule has 6 nitrogen and oxygen atoms in total. The van der Waals surface area contributed by atoms with Gasteiger partial charge in [-0.05, 0) is 52.8 Å². The lowest BCUT2D eigenvalue weighted by Crippen LogP contribution is -2.46. The summed E-state index contributed by atoms with van der Waals surface area (Å²) in [5, 5.41) is 30.9. The highest BCUT2D eigenvalue weighted by Crippen LogP contribution is 2.32. The van der Waals surface area contributed by atoms with Crippen LogP contribution in [0.2, 0.25) is 0 Å². The third kappa shape index (κ3) is 3.82. The Morgan fingerprint density at radius 1 is 1.12 bits per heavy atom. The molecule has 26 heavy (non-hydrogen) atoms. The zero-order chi connectivity index (χ0) is 18.7. The lowest BCUT2D eigenvalue weighted by molar-refractivity contribution is -0.145. The number of methoxy groups -OCH3 is 1. The van der Waals surface area contributed by atoms with Crippen molar-refractivity contribution in [2.75, 3.05) is 33.4 Å². The Balaban J connectivity index is 1.94. The molecule has 0 bridgehead atoms. The smallest absolute Gasteiger partial charge is 0.325 e. The van der Waals surface area contributed by atoms with Gasteiger partial charge in [-0.3, -0.25) is 9.69 Å². The van der Waals surface area contributed by atoms with E-state index in [0.29, 0.717) is 25.1 Å². The van der Waals surface area contributed by atoms with Crippen LogP contribution in [0.5, 0.6) is 5.75 Å². The summed E-state index contributed by atoms with van der Waals surface area (Å²) in [5.41, 5.74) is 0.699. The molecule has 1 fully saturated rings. The Labute approximate surface area is 152 Å². The van der Waals surface area contributed by atoms with Gasteiger partial charge in [0.05, 0.1) is 7.11 Å². The topological polar surface area (TPSA) is 90.2 Å². The molecule has 3 N–H and O–H groups in total. The Kier molecular flexibility index (Phi) is 5.76. The Morgan fingerprint density at radius 3 is 2.31 bits per heavy atom. The highest BCUT2D eigenvalue weighted by molar-refractivity contribution is 5.86. The fraction of sp³-hybridized carbons (Fsp3) is 0.450. The number of benzene rings is 2. The predicted octanol–water partition coefficient (Wildman–Crippen LogP) is 1.90. The minimum Gasteiger partial charge on any atom is -0.497 e. The summed E-state index contributed by atoms with van der Waals surface area (Å²) in [6.45, 7) is 1.00. The number of rotatable bonds is 6. The maximum absolute atomic E-state index is 12.0. The van der Waals surface area contributed by atoms with Crippen LogP contribution in [0.1, 0.15) is 18.0 Å². The van der Waals surface area contributed by atoms with Crippen molar-refractivity contribution in [1.29, 1.82) is 0 Å². The first-order chi connectivity index (χ1) is 12.5. The summed E-state index contributed by atoms with van der Waals surface area (Å²) in [6.07, 6.45) is 0.716. The molecular formula is C20H25NO5. The van der Waals surface area contributed by atoms with Crippen LogP contribution in [0.15, 0.2) is 36.4 Å². The van der Waals surface area contributed by atoms with Crippen LogP contribution in [0.3, 0.4) is 0 Å². The normalized spacial score (nSPS) is 22.3. The predicted molar refractivity (Wildman–Crippen MR) is 98.2 cm³/mol. The molecule has 1 heterocycles. The third-order valence-electron chi connectivity index (χ3n) is 5.15. The number of ether oxygens (including phenoxy) is 1. The fourth-order valence-electron chi connectivity index (χ4n) is 3.88. The molecule has 6 heteroatoms. The number of aliphatic carboxylic acids is 1. The average molecular weight is 359 g/mol. The van der Waals surface area contributed by atoms with Gasteiger partial charge in [0, 0.05) is 26.3 Å². The molecular weight excluding hydrogens is 334 g/mol. The van der Waals surface area contributed by atoms with E-state index >= 15 is 0 Å². The van der Waals surface area contributed by atoms with Crippen molar-refractivity contribution in [3.8, 4) is 5.75 Å². The van der Waals surface area contributed by atoms with E-state index in [1.807, 2.05) is 41.3 Å². The number of hydrogen-bond acceptors (Lipinski definition) is 5. The number of carbonyl (C=O) groups is 1. The van der Waals surface area contributed by atoms with E-state index in [4.69, 9.17) is 4.74 Å². The van der Waals surface area contributed by atoms with Crippen LogP contribution in [0.4, 0.5) is 0 Å². The van der Waals surface area contributed by atoms with Crippen molar-refractivity contribution in [2.45, 2.75) is 12.5 Å². The van der Waals surface area contributed by atoms with Gasteiger partial charge in [-0.1, -0.05) is 18.2 Å². The van der Waals surface area contributed by atoms with Crippen LogP contribution in [-0.2, 0) is 4.79 Å². The number of fused-ring (bicyclic) bond motifs is 1. The number of carboxylic acid groups (broad SMARTS) is 1. The first-order valence-corrected chi connectivity index (χ1v) is 8.82. The summed E-state index contributed by atoms with van der Waals surface area (Å²) in [5.74, 6) is -0.208. The van der Waals surface area contributed by atoms with Crippen molar-refractivity contribution >= 4 is 16.7 Å². The van der Waals surface area contributed by atoms with Gasteiger partial charge in [-0.25, -0.2) is 0 Å². The van der Waals surface area contributed by atoms with E-state index < -0.39 is 12.0 Å². The molecule has 0 spiro atoms. The number of likely N-dealkylation sites (tertiary alicyclic amines) is 1. The number of nitrogens with zero attached hydrogens (tertiary/aromatic N) is 1. The second-order valence-electron chi connectivity index (χ2n) is 7.00. The summed E-state index contributed by atoms with van der Waals surface area (Å²) in [7, 11) is 1.61. The van der Waals surface area contributed by atoms with E-state index in [0.717, 1.165) is 16.5 Å². The molecule has 0 saturated carbocycles. The maximum Gasteiger partial charge on any atom is 0.325 e. The van der Waals surface area contributed by atoms with Crippen LogP contribution in [-0.4, -0.2) is 59.6 Å². The van der Waals surface area contributed by atoms with Gasteiger partial charge >= 0.3 is 5.97 Å². The molecule has 0 radical (unpaired) electrons. The number of piperidine rings is 1. The molecule has 0 aliphatic carbocycles. The van der Waals surface area contributed by atoms with Crippen LogP contribution in [0, 0.1) is 11.8 Å². The molecule has 1 unspecified atom stereocenters. The SMILES string of the molecule is COc1ccc2cc(C(C(=O)O)N3C[C@H](CO)C[C@H](CO)C3)ccc2c1.